The lowest BCUT2D eigenvalue weighted by Gasteiger charge is -2.09. The molecule has 1 aromatic carbocycles. The smallest absolute Gasteiger partial charge is 0.481 e. The van der Waals surface area contributed by atoms with Crippen molar-refractivity contribution in [2.75, 3.05) is 0 Å². The molecule has 0 atom stereocenters. The zero-order chi connectivity index (χ0) is 14.5. The van der Waals surface area contributed by atoms with Gasteiger partial charge >= 0.3 is 12.3 Å². The summed E-state index contributed by atoms with van der Waals surface area (Å²) in [5, 5.41) is 8.41. The van der Waals surface area contributed by atoms with Crippen molar-refractivity contribution in [2.45, 2.75) is 25.6 Å². The van der Waals surface area contributed by atoms with E-state index in [-0.39, 0.29) is 24.8 Å². The first-order valence-corrected chi connectivity index (χ1v) is 5.39. The highest BCUT2D eigenvalue weighted by molar-refractivity contribution is 5.96. The zero-order valence-corrected chi connectivity index (χ0v) is 9.74. The van der Waals surface area contributed by atoms with E-state index < -0.39 is 23.9 Å². The Morgan fingerprint density at radius 1 is 1.21 bits per heavy atom. The predicted octanol–water partition coefficient (Wildman–Crippen LogP) is 3.02. The normalized spacial score (nSPS) is 11.1. The third kappa shape index (κ3) is 5.89. The van der Waals surface area contributed by atoms with Gasteiger partial charge in [-0.1, -0.05) is 12.1 Å². The lowest BCUT2D eigenvalue weighted by Crippen LogP contribution is -2.17. The molecule has 0 aliphatic heterocycles. The minimum absolute atomic E-state index is 0.0399. The first-order valence-electron chi connectivity index (χ1n) is 5.39. The van der Waals surface area contributed by atoms with Gasteiger partial charge < -0.3 is 9.84 Å². The second-order valence-corrected chi connectivity index (χ2v) is 3.75. The quantitative estimate of drug-likeness (QED) is 0.811. The maximum absolute atomic E-state index is 12.0. The van der Waals surface area contributed by atoms with E-state index in [0.717, 1.165) is 12.1 Å². The summed E-state index contributed by atoms with van der Waals surface area (Å²) in [6, 6.07) is 4.69. The number of halogens is 3. The summed E-state index contributed by atoms with van der Waals surface area (Å²) in [5.41, 5.74) is 0.0622. The van der Waals surface area contributed by atoms with Crippen molar-refractivity contribution in [3.63, 3.8) is 0 Å². The van der Waals surface area contributed by atoms with Gasteiger partial charge in [0.15, 0.2) is 5.78 Å². The van der Waals surface area contributed by atoms with E-state index in [0.29, 0.717) is 0 Å². The van der Waals surface area contributed by atoms with Crippen molar-refractivity contribution in [1.82, 2.24) is 0 Å². The molecule has 7 heteroatoms. The Hall–Kier alpha value is -2.05. The Kier molecular flexibility index (Phi) is 4.91. The highest BCUT2D eigenvalue weighted by atomic mass is 19.4. The summed E-state index contributed by atoms with van der Waals surface area (Å²) >= 11 is 0. The lowest BCUT2D eigenvalue weighted by molar-refractivity contribution is -0.274. The van der Waals surface area contributed by atoms with Gasteiger partial charge in [0, 0.05) is 18.4 Å². The third-order valence-electron chi connectivity index (χ3n) is 2.18. The van der Waals surface area contributed by atoms with Crippen LogP contribution in [-0.2, 0) is 4.79 Å². The number of alkyl halides is 3. The number of carboxylic acids is 1. The summed E-state index contributed by atoms with van der Waals surface area (Å²) < 4.78 is 39.7. The Morgan fingerprint density at radius 2 is 1.89 bits per heavy atom. The van der Waals surface area contributed by atoms with Crippen molar-refractivity contribution in [3.8, 4) is 5.75 Å². The number of carboxylic acid groups (broad SMARTS) is 1. The number of rotatable bonds is 6. The Bertz CT molecular complexity index is 468. The molecule has 0 saturated heterocycles. The molecule has 19 heavy (non-hydrogen) atoms. The van der Waals surface area contributed by atoms with Crippen molar-refractivity contribution in [2.24, 2.45) is 0 Å². The molecule has 0 heterocycles. The molecule has 1 aromatic rings. The summed E-state index contributed by atoms with van der Waals surface area (Å²) in [5.74, 6) is -1.92. The standard InChI is InChI=1S/C12H11F3O4/c13-12(14,15)19-9-4-1-3-8(7-9)10(16)5-2-6-11(17)18/h1,3-4,7H,2,5-6H2,(H,17,18). The minimum atomic E-state index is -4.81. The number of benzene rings is 1. The first-order chi connectivity index (χ1) is 8.78. The molecule has 0 amide bonds. The number of ketones is 1. The lowest BCUT2D eigenvalue weighted by atomic mass is 10.1. The molecule has 1 rings (SSSR count). The highest BCUT2D eigenvalue weighted by Crippen LogP contribution is 2.23. The Balaban J connectivity index is 2.65. The van der Waals surface area contributed by atoms with Gasteiger partial charge in [-0.3, -0.25) is 9.59 Å². The van der Waals surface area contributed by atoms with E-state index in [4.69, 9.17) is 5.11 Å². The fourth-order valence-electron chi connectivity index (χ4n) is 1.41. The Labute approximate surface area is 106 Å². The minimum Gasteiger partial charge on any atom is -0.481 e. The molecule has 0 fully saturated rings. The number of Topliss-reactive ketones (excluding diaryl/α,β-unsaturated/α-hetero) is 1. The van der Waals surface area contributed by atoms with E-state index in [1.165, 1.54) is 12.1 Å². The van der Waals surface area contributed by atoms with Crippen molar-refractivity contribution in [3.05, 3.63) is 29.8 Å². The predicted molar refractivity (Wildman–Crippen MR) is 58.9 cm³/mol. The number of carbonyl (C=O) groups excluding carboxylic acids is 1. The maximum atomic E-state index is 12.0. The number of hydrogen-bond acceptors (Lipinski definition) is 3. The summed E-state index contributed by atoms with van der Waals surface area (Å²) in [6.07, 6.45) is -4.88. The van der Waals surface area contributed by atoms with E-state index in [9.17, 15) is 22.8 Å². The fourth-order valence-corrected chi connectivity index (χ4v) is 1.41. The second kappa shape index (κ2) is 6.21. The van der Waals surface area contributed by atoms with Gasteiger partial charge in [-0.2, -0.15) is 0 Å². The van der Waals surface area contributed by atoms with Crippen LogP contribution in [0.3, 0.4) is 0 Å². The second-order valence-electron chi connectivity index (χ2n) is 3.75. The SMILES string of the molecule is O=C(O)CCCC(=O)c1cccc(OC(F)(F)F)c1. The number of aliphatic carboxylic acids is 1. The number of ether oxygens (including phenoxy) is 1. The van der Waals surface area contributed by atoms with Crippen LogP contribution in [0.5, 0.6) is 5.75 Å². The van der Waals surface area contributed by atoms with Crippen LogP contribution in [0.2, 0.25) is 0 Å². The van der Waals surface area contributed by atoms with Crippen molar-refractivity contribution >= 4 is 11.8 Å². The van der Waals surface area contributed by atoms with Gasteiger partial charge in [0.1, 0.15) is 5.75 Å². The van der Waals surface area contributed by atoms with E-state index >= 15 is 0 Å². The molecule has 0 aromatic heterocycles. The molecule has 0 bridgehead atoms. The summed E-state index contributed by atoms with van der Waals surface area (Å²) in [6.45, 7) is 0. The van der Waals surface area contributed by atoms with E-state index in [1.807, 2.05) is 0 Å². The summed E-state index contributed by atoms with van der Waals surface area (Å²) in [7, 11) is 0. The van der Waals surface area contributed by atoms with Crippen LogP contribution in [0.15, 0.2) is 24.3 Å². The molecule has 4 nitrogen and oxygen atoms in total. The van der Waals surface area contributed by atoms with Crippen LogP contribution in [0, 0.1) is 0 Å². The Morgan fingerprint density at radius 3 is 2.47 bits per heavy atom. The van der Waals surface area contributed by atoms with Crippen LogP contribution in [0.25, 0.3) is 0 Å². The van der Waals surface area contributed by atoms with Gasteiger partial charge in [-0.15, -0.1) is 13.2 Å². The highest BCUT2D eigenvalue weighted by Gasteiger charge is 2.31. The molecule has 0 aliphatic carbocycles. The topological polar surface area (TPSA) is 63.6 Å². The first kappa shape index (κ1) is 15.0. The van der Waals surface area contributed by atoms with E-state index in [2.05, 4.69) is 4.74 Å². The van der Waals surface area contributed by atoms with Gasteiger partial charge in [0.2, 0.25) is 0 Å². The van der Waals surface area contributed by atoms with Crippen LogP contribution < -0.4 is 4.74 Å². The molecule has 0 unspecified atom stereocenters. The van der Waals surface area contributed by atoms with Gasteiger partial charge in [-0.25, -0.2) is 0 Å². The molecule has 104 valence electrons. The van der Waals surface area contributed by atoms with E-state index in [1.54, 1.807) is 0 Å². The molecule has 1 N–H and O–H groups in total. The molecular weight excluding hydrogens is 265 g/mol. The molecular formula is C12H11F3O4. The van der Waals surface area contributed by atoms with Crippen molar-refractivity contribution < 1.29 is 32.6 Å². The molecule has 0 aliphatic rings. The van der Waals surface area contributed by atoms with Gasteiger partial charge in [0.05, 0.1) is 0 Å². The van der Waals surface area contributed by atoms with Crippen LogP contribution in [0.4, 0.5) is 13.2 Å². The number of carbonyl (C=O) groups is 2. The van der Waals surface area contributed by atoms with Gasteiger partial charge in [-0.05, 0) is 18.6 Å². The third-order valence-corrected chi connectivity index (χ3v) is 2.18. The average molecular weight is 276 g/mol. The molecule has 0 radical (unpaired) electrons. The van der Waals surface area contributed by atoms with Crippen molar-refractivity contribution in [1.29, 1.82) is 0 Å². The molecule has 0 spiro atoms. The van der Waals surface area contributed by atoms with Gasteiger partial charge in [0.25, 0.3) is 0 Å². The zero-order valence-electron chi connectivity index (χ0n) is 9.74. The monoisotopic (exact) mass is 276 g/mol. The fraction of sp³-hybridized carbons (Fsp3) is 0.333. The molecule has 0 saturated carbocycles. The average Bonchev–Trinajstić information content (AvgIpc) is 2.26. The maximum Gasteiger partial charge on any atom is 0.573 e. The van der Waals surface area contributed by atoms with Crippen LogP contribution >= 0.6 is 0 Å². The largest absolute Gasteiger partial charge is 0.573 e. The summed E-state index contributed by atoms with van der Waals surface area (Å²) in [4.78, 5) is 21.9. The van der Waals surface area contributed by atoms with Crippen LogP contribution in [0.1, 0.15) is 29.6 Å². The van der Waals surface area contributed by atoms with Crippen LogP contribution in [-0.4, -0.2) is 23.2 Å². The number of hydrogen-bond donors (Lipinski definition) is 1.